The highest BCUT2D eigenvalue weighted by Gasteiger charge is 2.30. The molecule has 1 aromatic heterocycles. The van der Waals surface area contributed by atoms with E-state index in [9.17, 15) is 0 Å². The average molecular weight is 239 g/mol. The van der Waals surface area contributed by atoms with Crippen LogP contribution in [0.25, 0.3) is 0 Å². The maximum absolute atomic E-state index is 9.10. The van der Waals surface area contributed by atoms with Crippen LogP contribution in [0.4, 0.5) is 0 Å². The molecule has 0 saturated heterocycles. The van der Waals surface area contributed by atoms with Crippen LogP contribution in [0.5, 0.6) is 5.88 Å². The van der Waals surface area contributed by atoms with Crippen LogP contribution in [0, 0.1) is 6.92 Å². The Bertz CT molecular complexity index is 385. The van der Waals surface area contributed by atoms with E-state index in [-0.39, 0.29) is 6.61 Å². The van der Waals surface area contributed by atoms with E-state index in [1.165, 1.54) is 12.8 Å². The second-order valence-corrected chi connectivity index (χ2v) is 4.62. The van der Waals surface area contributed by atoms with Crippen molar-refractivity contribution in [2.45, 2.75) is 32.4 Å². The van der Waals surface area contributed by atoms with E-state index in [1.807, 2.05) is 14.0 Å². The topological polar surface area (TPSA) is 50.5 Å². The van der Waals surface area contributed by atoms with Gasteiger partial charge in [-0.2, -0.15) is 5.10 Å². The van der Waals surface area contributed by atoms with Crippen molar-refractivity contribution in [2.75, 3.05) is 20.3 Å². The SMILES string of the molecule is COc1c(CN(CCO)C2CC2)c(C)nn1C. The molecule has 2 rings (SSSR count). The normalized spacial score (nSPS) is 15.6. The molecule has 1 aliphatic carbocycles. The highest BCUT2D eigenvalue weighted by molar-refractivity contribution is 5.31. The monoisotopic (exact) mass is 239 g/mol. The average Bonchev–Trinajstić information content (AvgIpc) is 3.07. The van der Waals surface area contributed by atoms with Gasteiger partial charge >= 0.3 is 0 Å². The number of hydrogen-bond donors (Lipinski definition) is 1. The molecule has 17 heavy (non-hydrogen) atoms. The van der Waals surface area contributed by atoms with Crippen LogP contribution in [-0.4, -0.2) is 46.1 Å². The number of methoxy groups -OCH3 is 1. The van der Waals surface area contributed by atoms with Crippen LogP contribution >= 0.6 is 0 Å². The summed E-state index contributed by atoms with van der Waals surface area (Å²) in [4.78, 5) is 2.31. The van der Waals surface area contributed by atoms with Crippen molar-refractivity contribution >= 4 is 0 Å². The van der Waals surface area contributed by atoms with E-state index >= 15 is 0 Å². The molecule has 0 aromatic carbocycles. The van der Waals surface area contributed by atoms with Gasteiger partial charge in [0.15, 0.2) is 0 Å². The van der Waals surface area contributed by atoms with Gasteiger partial charge in [0.25, 0.3) is 0 Å². The van der Waals surface area contributed by atoms with Crippen molar-refractivity contribution in [1.82, 2.24) is 14.7 Å². The fourth-order valence-corrected chi connectivity index (χ4v) is 2.28. The molecule has 5 nitrogen and oxygen atoms in total. The van der Waals surface area contributed by atoms with Crippen molar-refractivity contribution in [2.24, 2.45) is 7.05 Å². The molecule has 0 unspecified atom stereocenters. The summed E-state index contributed by atoms with van der Waals surface area (Å²) in [6.45, 7) is 3.75. The minimum atomic E-state index is 0.206. The van der Waals surface area contributed by atoms with E-state index in [4.69, 9.17) is 9.84 Å². The molecule has 96 valence electrons. The Labute approximate surface area is 102 Å². The van der Waals surface area contributed by atoms with E-state index < -0.39 is 0 Å². The second kappa shape index (κ2) is 5.06. The van der Waals surface area contributed by atoms with Gasteiger partial charge in [-0.05, 0) is 19.8 Å². The van der Waals surface area contributed by atoms with Crippen molar-refractivity contribution in [3.05, 3.63) is 11.3 Å². The van der Waals surface area contributed by atoms with Gasteiger partial charge in [0.05, 0.1) is 25.0 Å². The highest BCUT2D eigenvalue weighted by atomic mass is 16.5. The first-order chi connectivity index (χ1) is 8.17. The van der Waals surface area contributed by atoms with Crippen molar-refractivity contribution in [3.8, 4) is 5.88 Å². The third-order valence-electron chi connectivity index (χ3n) is 3.29. The Morgan fingerprint density at radius 1 is 1.53 bits per heavy atom. The summed E-state index contributed by atoms with van der Waals surface area (Å²) in [6, 6.07) is 0.631. The molecular formula is C12H21N3O2. The molecule has 1 aliphatic rings. The van der Waals surface area contributed by atoms with E-state index in [2.05, 4.69) is 10.00 Å². The fraction of sp³-hybridized carbons (Fsp3) is 0.750. The van der Waals surface area contributed by atoms with E-state index in [1.54, 1.807) is 11.8 Å². The maximum Gasteiger partial charge on any atom is 0.216 e. The molecule has 1 saturated carbocycles. The minimum Gasteiger partial charge on any atom is -0.481 e. The molecule has 5 heteroatoms. The lowest BCUT2D eigenvalue weighted by Crippen LogP contribution is -2.29. The number of ether oxygens (including phenoxy) is 1. The predicted octanol–water partition coefficient (Wildman–Crippen LogP) is 0.694. The molecule has 1 heterocycles. The Hall–Kier alpha value is -1.07. The minimum absolute atomic E-state index is 0.206. The molecule has 0 amide bonds. The molecule has 1 aromatic rings. The van der Waals surface area contributed by atoms with Crippen LogP contribution in [0.3, 0.4) is 0 Å². The zero-order chi connectivity index (χ0) is 12.4. The summed E-state index contributed by atoms with van der Waals surface area (Å²) in [7, 11) is 3.57. The lowest BCUT2D eigenvalue weighted by molar-refractivity contribution is 0.181. The Morgan fingerprint density at radius 3 is 2.76 bits per heavy atom. The van der Waals surface area contributed by atoms with Crippen LogP contribution in [0.1, 0.15) is 24.1 Å². The summed E-state index contributed by atoms with van der Waals surface area (Å²) >= 11 is 0. The molecule has 1 fully saturated rings. The highest BCUT2D eigenvalue weighted by Crippen LogP contribution is 2.30. The van der Waals surface area contributed by atoms with E-state index in [0.717, 1.165) is 30.2 Å². The summed E-state index contributed by atoms with van der Waals surface area (Å²) in [6.07, 6.45) is 2.48. The number of aliphatic hydroxyl groups excluding tert-OH is 1. The number of hydrogen-bond acceptors (Lipinski definition) is 4. The fourth-order valence-electron chi connectivity index (χ4n) is 2.28. The van der Waals surface area contributed by atoms with Crippen LogP contribution in [0.2, 0.25) is 0 Å². The molecular weight excluding hydrogens is 218 g/mol. The van der Waals surface area contributed by atoms with Crippen molar-refractivity contribution in [1.29, 1.82) is 0 Å². The number of aliphatic hydroxyl groups is 1. The second-order valence-electron chi connectivity index (χ2n) is 4.62. The lowest BCUT2D eigenvalue weighted by atomic mass is 10.2. The predicted molar refractivity (Wildman–Crippen MR) is 65.0 cm³/mol. The third kappa shape index (κ3) is 2.61. The van der Waals surface area contributed by atoms with Gasteiger partial charge in [0, 0.05) is 26.2 Å². The number of rotatable bonds is 6. The number of aryl methyl sites for hydroxylation is 2. The Morgan fingerprint density at radius 2 is 2.24 bits per heavy atom. The molecule has 1 N–H and O–H groups in total. The van der Waals surface area contributed by atoms with Gasteiger partial charge in [-0.25, -0.2) is 4.68 Å². The standard InChI is InChI=1S/C12H21N3O2/c1-9-11(12(17-3)14(2)13-9)8-15(6-7-16)10-4-5-10/h10,16H,4-8H2,1-3H3. The Balaban J connectivity index is 2.15. The largest absolute Gasteiger partial charge is 0.481 e. The Kier molecular flexibility index (Phi) is 3.69. The summed E-state index contributed by atoms with van der Waals surface area (Å²) in [5.74, 6) is 0.825. The molecule has 0 radical (unpaired) electrons. The maximum atomic E-state index is 9.10. The van der Waals surface area contributed by atoms with Crippen molar-refractivity contribution in [3.63, 3.8) is 0 Å². The first-order valence-electron chi connectivity index (χ1n) is 6.08. The summed E-state index contributed by atoms with van der Waals surface area (Å²) in [5, 5.41) is 13.5. The van der Waals surface area contributed by atoms with Crippen LogP contribution in [0.15, 0.2) is 0 Å². The van der Waals surface area contributed by atoms with Gasteiger partial charge in [0.1, 0.15) is 0 Å². The molecule has 0 aliphatic heterocycles. The summed E-state index contributed by atoms with van der Waals surface area (Å²) in [5.41, 5.74) is 2.14. The van der Waals surface area contributed by atoms with Gasteiger partial charge in [-0.3, -0.25) is 4.90 Å². The first-order valence-corrected chi connectivity index (χ1v) is 6.08. The van der Waals surface area contributed by atoms with Crippen LogP contribution in [-0.2, 0) is 13.6 Å². The van der Waals surface area contributed by atoms with E-state index in [0.29, 0.717) is 6.04 Å². The zero-order valence-corrected chi connectivity index (χ0v) is 10.8. The van der Waals surface area contributed by atoms with Gasteiger partial charge in [-0.15, -0.1) is 0 Å². The number of nitrogens with zero attached hydrogens (tertiary/aromatic N) is 3. The molecule has 0 bridgehead atoms. The summed E-state index contributed by atoms with van der Waals surface area (Å²) < 4.78 is 7.16. The van der Waals surface area contributed by atoms with Crippen LogP contribution < -0.4 is 4.74 Å². The first kappa shape index (κ1) is 12.4. The lowest BCUT2D eigenvalue weighted by Gasteiger charge is -2.20. The number of aromatic nitrogens is 2. The molecule has 0 spiro atoms. The van der Waals surface area contributed by atoms with Gasteiger partial charge in [-0.1, -0.05) is 0 Å². The van der Waals surface area contributed by atoms with Crippen molar-refractivity contribution < 1.29 is 9.84 Å². The van der Waals surface area contributed by atoms with Gasteiger partial charge in [0.2, 0.25) is 5.88 Å². The third-order valence-corrected chi connectivity index (χ3v) is 3.29. The molecule has 0 atom stereocenters. The quantitative estimate of drug-likeness (QED) is 0.793. The zero-order valence-electron chi connectivity index (χ0n) is 10.8. The smallest absolute Gasteiger partial charge is 0.216 e. The van der Waals surface area contributed by atoms with Gasteiger partial charge < -0.3 is 9.84 Å².